The Hall–Kier alpha value is -0.870. The minimum Gasteiger partial charge on any atom is -0.464 e. The molecule has 1 heterocycles. The summed E-state index contributed by atoms with van der Waals surface area (Å²) in [4.78, 5) is 14.3. The van der Waals surface area contributed by atoms with Gasteiger partial charge in [0.1, 0.15) is 0 Å². The number of nitrogens with two attached hydrogens (primary N) is 1. The van der Waals surface area contributed by atoms with E-state index in [4.69, 9.17) is 10.5 Å². The maximum Gasteiger partial charge on any atom is 0.331 e. The van der Waals surface area contributed by atoms with E-state index in [1.165, 1.54) is 4.88 Å². The molecule has 0 amide bonds. The van der Waals surface area contributed by atoms with E-state index in [0.717, 1.165) is 24.1 Å². The van der Waals surface area contributed by atoms with E-state index in [-0.39, 0.29) is 11.9 Å². The molecule has 1 aliphatic carbocycles. The molecule has 1 fully saturated rings. The second-order valence-corrected chi connectivity index (χ2v) is 5.65. The third kappa shape index (κ3) is 2.24. The Morgan fingerprint density at radius 3 is 2.71 bits per heavy atom. The van der Waals surface area contributed by atoms with Crippen molar-refractivity contribution < 1.29 is 9.53 Å². The zero-order valence-corrected chi connectivity index (χ0v) is 11.2. The van der Waals surface area contributed by atoms with Gasteiger partial charge in [0.2, 0.25) is 0 Å². The number of ether oxygens (including phenoxy) is 1. The molecule has 1 aliphatic rings. The summed E-state index contributed by atoms with van der Waals surface area (Å²) in [7, 11) is 0. The van der Waals surface area contributed by atoms with Crippen molar-refractivity contribution in [1.82, 2.24) is 0 Å². The number of carbonyl (C=O) groups excluding carboxylic acids is 1. The van der Waals surface area contributed by atoms with Gasteiger partial charge in [-0.3, -0.25) is 0 Å². The molecule has 0 bridgehead atoms. The van der Waals surface area contributed by atoms with Gasteiger partial charge in [-0.2, -0.15) is 0 Å². The van der Waals surface area contributed by atoms with Crippen molar-refractivity contribution >= 4 is 17.3 Å². The third-order valence-electron chi connectivity index (χ3n) is 3.25. The molecule has 1 unspecified atom stereocenters. The molecule has 2 N–H and O–H groups in total. The fourth-order valence-electron chi connectivity index (χ4n) is 2.05. The van der Waals surface area contributed by atoms with Crippen molar-refractivity contribution in [2.24, 2.45) is 11.7 Å². The zero-order valence-electron chi connectivity index (χ0n) is 10.4. The quantitative estimate of drug-likeness (QED) is 0.820. The van der Waals surface area contributed by atoms with E-state index in [9.17, 15) is 4.79 Å². The first-order valence-corrected chi connectivity index (χ1v) is 6.99. The molecule has 94 valence electrons. The highest BCUT2D eigenvalue weighted by Gasteiger charge is 2.51. The van der Waals surface area contributed by atoms with Crippen LogP contribution in [0.3, 0.4) is 0 Å². The van der Waals surface area contributed by atoms with Crippen molar-refractivity contribution in [2.75, 3.05) is 6.61 Å². The second-order valence-electron chi connectivity index (χ2n) is 4.48. The van der Waals surface area contributed by atoms with Gasteiger partial charge in [0.05, 0.1) is 6.61 Å². The van der Waals surface area contributed by atoms with Crippen LogP contribution in [-0.4, -0.2) is 12.6 Å². The van der Waals surface area contributed by atoms with Crippen molar-refractivity contribution in [1.29, 1.82) is 0 Å². The number of carbonyl (C=O) groups is 1. The molecule has 0 aromatic carbocycles. The van der Waals surface area contributed by atoms with Crippen LogP contribution in [0.15, 0.2) is 12.1 Å². The summed E-state index contributed by atoms with van der Waals surface area (Å²) in [6, 6.07) is 4.04. The van der Waals surface area contributed by atoms with Gasteiger partial charge in [0.15, 0.2) is 5.54 Å². The fourth-order valence-corrected chi connectivity index (χ4v) is 3.17. The molecule has 0 spiro atoms. The number of thiophene rings is 1. The van der Waals surface area contributed by atoms with Crippen LogP contribution >= 0.6 is 11.3 Å². The van der Waals surface area contributed by atoms with Crippen LogP contribution in [0.2, 0.25) is 0 Å². The first-order valence-electron chi connectivity index (χ1n) is 6.18. The molecular formula is C13H19NO2S. The van der Waals surface area contributed by atoms with Gasteiger partial charge in [0.25, 0.3) is 0 Å². The van der Waals surface area contributed by atoms with Crippen molar-refractivity contribution in [2.45, 2.75) is 38.6 Å². The smallest absolute Gasteiger partial charge is 0.331 e. The van der Waals surface area contributed by atoms with Crippen LogP contribution < -0.4 is 5.73 Å². The van der Waals surface area contributed by atoms with Crippen LogP contribution in [-0.2, 0) is 21.5 Å². The molecule has 1 atom stereocenters. The second kappa shape index (κ2) is 4.78. The molecule has 1 aromatic rings. The molecular weight excluding hydrogens is 234 g/mol. The van der Waals surface area contributed by atoms with E-state index in [0.29, 0.717) is 6.61 Å². The molecule has 4 heteroatoms. The summed E-state index contributed by atoms with van der Waals surface area (Å²) in [5.41, 5.74) is 5.45. The Kier molecular flexibility index (Phi) is 3.54. The van der Waals surface area contributed by atoms with Gasteiger partial charge in [-0.15, -0.1) is 11.3 Å². The first kappa shape index (κ1) is 12.6. The number of rotatable bonds is 5. The molecule has 3 nitrogen and oxygen atoms in total. The van der Waals surface area contributed by atoms with Crippen LogP contribution in [0.1, 0.15) is 36.4 Å². The minimum absolute atomic E-state index is 0.255. The largest absolute Gasteiger partial charge is 0.464 e. The SMILES string of the molecule is CCOC(=O)C(N)(c1ccc(CC)s1)C1CC1. The van der Waals surface area contributed by atoms with Gasteiger partial charge in [-0.05, 0) is 44.2 Å². The van der Waals surface area contributed by atoms with E-state index in [1.807, 2.05) is 13.0 Å². The van der Waals surface area contributed by atoms with E-state index in [2.05, 4.69) is 13.0 Å². The lowest BCUT2D eigenvalue weighted by atomic mass is 9.92. The van der Waals surface area contributed by atoms with Crippen molar-refractivity contribution in [3.8, 4) is 0 Å². The van der Waals surface area contributed by atoms with Crippen LogP contribution in [0.5, 0.6) is 0 Å². The Morgan fingerprint density at radius 2 is 2.24 bits per heavy atom. The Morgan fingerprint density at radius 1 is 1.53 bits per heavy atom. The number of hydrogen-bond acceptors (Lipinski definition) is 4. The number of aryl methyl sites for hydroxylation is 1. The van der Waals surface area contributed by atoms with Crippen molar-refractivity contribution in [3.05, 3.63) is 21.9 Å². The van der Waals surface area contributed by atoms with E-state index >= 15 is 0 Å². The summed E-state index contributed by atoms with van der Waals surface area (Å²) < 4.78 is 5.15. The lowest BCUT2D eigenvalue weighted by Crippen LogP contribution is -2.47. The van der Waals surface area contributed by atoms with Gasteiger partial charge in [-0.1, -0.05) is 6.92 Å². The lowest BCUT2D eigenvalue weighted by molar-refractivity contribution is -0.151. The Balaban J connectivity index is 2.30. The Bertz CT molecular complexity index is 411. The highest BCUT2D eigenvalue weighted by Crippen LogP contribution is 2.46. The minimum atomic E-state index is -0.909. The average molecular weight is 253 g/mol. The molecule has 0 saturated heterocycles. The van der Waals surface area contributed by atoms with Crippen molar-refractivity contribution in [3.63, 3.8) is 0 Å². The van der Waals surface area contributed by atoms with Crippen LogP contribution in [0.4, 0.5) is 0 Å². The lowest BCUT2D eigenvalue weighted by Gasteiger charge is -2.25. The summed E-state index contributed by atoms with van der Waals surface area (Å²) in [5, 5.41) is 0. The highest BCUT2D eigenvalue weighted by molar-refractivity contribution is 7.12. The third-order valence-corrected chi connectivity index (χ3v) is 4.63. The van der Waals surface area contributed by atoms with Gasteiger partial charge in [-0.25, -0.2) is 4.79 Å². The Labute approximate surface area is 106 Å². The fraction of sp³-hybridized carbons (Fsp3) is 0.615. The topological polar surface area (TPSA) is 52.3 Å². The average Bonchev–Trinajstić information content (AvgIpc) is 3.06. The molecule has 1 saturated carbocycles. The zero-order chi connectivity index (χ0) is 12.5. The highest BCUT2D eigenvalue weighted by atomic mass is 32.1. The predicted octanol–water partition coefficient (Wildman–Crippen LogP) is 2.44. The van der Waals surface area contributed by atoms with E-state index < -0.39 is 5.54 Å². The normalized spacial score (nSPS) is 18.8. The summed E-state index contributed by atoms with van der Waals surface area (Å²) >= 11 is 1.64. The number of hydrogen-bond donors (Lipinski definition) is 1. The van der Waals surface area contributed by atoms with E-state index in [1.54, 1.807) is 11.3 Å². The molecule has 1 aromatic heterocycles. The molecule has 0 aliphatic heterocycles. The summed E-state index contributed by atoms with van der Waals surface area (Å²) in [6.45, 7) is 4.31. The molecule has 2 rings (SSSR count). The van der Waals surface area contributed by atoms with Crippen LogP contribution in [0, 0.1) is 5.92 Å². The predicted molar refractivity (Wildman–Crippen MR) is 68.9 cm³/mol. The van der Waals surface area contributed by atoms with Gasteiger partial charge >= 0.3 is 5.97 Å². The van der Waals surface area contributed by atoms with Crippen LogP contribution in [0.25, 0.3) is 0 Å². The van der Waals surface area contributed by atoms with Gasteiger partial charge < -0.3 is 10.5 Å². The summed E-state index contributed by atoms with van der Waals surface area (Å²) in [5.74, 6) is -0.0168. The number of esters is 1. The van der Waals surface area contributed by atoms with Gasteiger partial charge in [0, 0.05) is 9.75 Å². The summed E-state index contributed by atoms with van der Waals surface area (Å²) in [6.07, 6.45) is 3.03. The molecule has 0 radical (unpaired) electrons. The first-order chi connectivity index (χ1) is 8.12. The monoisotopic (exact) mass is 253 g/mol. The maximum atomic E-state index is 12.1. The maximum absolute atomic E-state index is 12.1. The molecule has 17 heavy (non-hydrogen) atoms. The standard InChI is InChI=1S/C13H19NO2S/c1-3-10-7-8-11(17-10)13(14,9-5-6-9)12(15)16-4-2/h7-9H,3-6,14H2,1-2H3.